The Hall–Kier alpha value is -0.0800. The largest absolute Gasteiger partial charge is 0.385 e. The number of hydrogen-bond acceptors (Lipinski definition) is 2. The van der Waals surface area contributed by atoms with E-state index in [0.717, 1.165) is 19.2 Å². The standard InChI is InChI=1S/C12H27NO/c1-4-12(13-5-2)10-8-6-7-9-11-14-3/h12-13H,4-11H2,1-3H3. The molecule has 0 spiro atoms. The zero-order chi connectivity index (χ0) is 10.6. The van der Waals surface area contributed by atoms with Crippen molar-refractivity contribution in [1.29, 1.82) is 0 Å². The highest BCUT2D eigenvalue weighted by Gasteiger charge is 2.02. The molecule has 0 heterocycles. The molecule has 1 atom stereocenters. The van der Waals surface area contributed by atoms with Crippen LogP contribution in [0.3, 0.4) is 0 Å². The van der Waals surface area contributed by atoms with Crippen LogP contribution in [-0.4, -0.2) is 26.3 Å². The molecule has 0 saturated heterocycles. The van der Waals surface area contributed by atoms with Gasteiger partial charge in [0.1, 0.15) is 0 Å². The maximum atomic E-state index is 5.02. The lowest BCUT2D eigenvalue weighted by Crippen LogP contribution is -2.27. The predicted octanol–water partition coefficient (Wildman–Crippen LogP) is 2.97. The van der Waals surface area contributed by atoms with Crippen molar-refractivity contribution in [3.8, 4) is 0 Å². The monoisotopic (exact) mass is 201 g/mol. The lowest BCUT2D eigenvalue weighted by molar-refractivity contribution is 0.191. The van der Waals surface area contributed by atoms with Crippen LogP contribution in [0, 0.1) is 0 Å². The van der Waals surface area contributed by atoms with Crippen LogP contribution in [0.2, 0.25) is 0 Å². The first-order valence-electron chi connectivity index (χ1n) is 6.07. The minimum Gasteiger partial charge on any atom is -0.385 e. The van der Waals surface area contributed by atoms with Gasteiger partial charge in [0.05, 0.1) is 0 Å². The Bertz CT molecular complexity index is 106. The van der Waals surface area contributed by atoms with Crippen LogP contribution < -0.4 is 5.32 Å². The van der Waals surface area contributed by atoms with Gasteiger partial charge in [-0.3, -0.25) is 0 Å². The molecule has 0 aliphatic carbocycles. The molecule has 0 aromatic rings. The number of ether oxygens (including phenoxy) is 1. The lowest BCUT2D eigenvalue weighted by Gasteiger charge is -2.15. The lowest BCUT2D eigenvalue weighted by atomic mass is 10.1. The van der Waals surface area contributed by atoms with Gasteiger partial charge in [-0.2, -0.15) is 0 Å². The third kappa shape index (κ3) is 8.52. The fourth-order valence-electron chi connectivity index (χ4n) is 1.73. The highest BCUT2D eigenvalue weighted by molar-refractivity contribution is 4.63. The van der Waals surface area contributed by atoms with E-state index < -0.39 is 0 Å². The van der Waals surface area contributed by atoms with E-state index in [0.29, 0.717) is 0 Å². The van der Waals surface area contributed by atoms with E-state index in [1.807, 2.05) is 0 Å². The zero-order valence-electron chi connectivity index (χ0n) is 10.1. The Morgan fingerprint density at radius 1 is 1.07 bits per heavy atom. The molecule has 0 amide bonds. The van der Waals surface area contributed by atoms with E-state index in [4.69, 9.17) is 4.74 Å². The molecular weight excluding hydrogens is 174 g/mol. The average Bonchev–Trinajstić information content (AvgIpc) is 2.21. The van der Waals surface area contributed by atoms with Crippen LogP contribution in [0.4, 0.5) is 0 Å². The molecule has 0 saturated carbocycles. The minimum atomic E-state index is 0.738. The first kappa shape index (κ1) is 13.9. The highest BCUT2D eigenvalue weighted by Crippen LogP contribution is 2.07. The van der Waals surface area contributed by atoms with Gasteiger partial charge in [0.15, 0.2) is 0 Å². The summed E-state index contributed by atoms with van der Waals surface area (Å²) in [7, 11) is 1.78. The van der Waals surface area contributed by atoms with Crippen molar-refractivity contribution in [2.45, 2.75) is 58.4 Å². The fourth-order valence-corrected chi connectivity index (χ4v) is 1.73. The van der Waals surface area contributed by atoms with Crippen LogP contribution in [0.1, 0.15) is 52.4 Å². The van der Waals surface area contributed by atoms with Gasteiger partial charge < -0.3 is 10.1 Å². The van der Waals surface area contributed by atoms with Gasteiger partial charge in [0.25, 0.3) is 0 Å². The summed E-state index contributed by atoms with van der Waals surface area (Å²) in [6.45, 7) is 6.46. The summed E-state index contributed by atoms with van der Waals surface area (Å²) < 4.78 is 5.02. The number of rotatable bonds is 10. The Morgan fingerprint density at radius 3 is 2.36 bits per heavy atom. The quantitative estimate of drug-likeness (QED) is 0.549. The Balaban J connectivity index is 3.15. The zero-order valence-corrected chi connectivity index (χ0v) is 10.1. The van der Waals surface area contributed by atoms with Gasteiger partial charge in [-0.15, -0.1) is 0 Å². The summed E-state index contributed by atoms with van der Waals surface area (Å²) in [4.78, 5) is 0. The van der Waals surface area contributed by atoms with E-state index in [-0.39, 0.29) is 0 Å². The average molecular weight is 201 g/mol. The molecule has 1 unspecified atom stereocenters. The maximum Gasteiger partial charge on any atom is 0.0462 e. The molecule has 1 N–H and O–H groups in total. The van der Waals surface area contributed by atoms with Crippen molar-refractivity contribution >= 4 is 0 Å². The molecule has 0 bridgehead atoms. The summed E-state index contributed by atoms with van der Waals surface area (Å²) in [5.74, 6) is 0. The second-order valence-electron chi connectivity index (χ2n) is 3.86. The molecule has 14 heavy (non-hydrogen) atoms. The predicted molar refractivity (Wildman–Crippen MR) is 62.7 cm³/mol. The molecule has 0 radical (unpaired) electrons. The van der Waals surface area contributed by atoms with E-state index in [1.54, 1.807) is 7.11 Å². The second-order valence-corrected chi connectivity index (χ2v) is 3.86. The Morgan fingerprint density at radius 2 is 1.79 bits per heavy atom. The van der Waals surface area contributed by atoms with E-state index in [1.165, 1.54) is 38.5 Å². The van der Waals surface area contributed by atoms with Gasteiger partial charge in [0.2, 0.25) is 0 Å². The molecule has 0 aliphatic heterocycles. The maximum absolute atomic E-state index is 5.02. The molecule has 0 fully saturated rings. The molecule has 2 nitrogen and oxygen atoms in total. The highest BCUT2D eigenvalue weighted by atomic mass is 16.5. The molecule has 86 valence electrons. The fraction of sp³-hybridized carbons (Fsp3) is 1.00. The third-order valence-electron chi connectivity index (χ3n) is 2.64. The van der Waals surface area contributed by atoms with Gasteiger partial charge in [-0.1, -0.05) is 33.1 Å². The molecular formula is C12H27NO. The molecule has 0 aliphatic rings. The summed E-state index contributed by atoms with van der Waals surface area (Å²) in [6, 6.07) is 0.738. The number of hydrogen-bond donors (Lipinski definition) is 1. The second kappa shape index (κ2) is 11.0. The van der Waals surface area contributed by atoms with Gasteiger partial charge in [-0.25, -0.2) is 0 Å². The van der Waals surface area contributed by atoms with Gasteiger partial charge >= 0.3 is 0 Å². The van der Waals surface area contributed by atoms with Crippen molar-refractivity contribution < 1.29 is 4.74 Å². The van der Waals surface area contributed by atoms with E-state index >= 15 is 0 Å². The smallest absolute Gasteiger partial charge is 0.0462 e. The summed E-state index contributed by atoms with van der Waals surface area (Å²) in [5, 5.41) is 3.51. The third-order valence-corrected chi connectivity index (χ3v) is 2.64. The number of unbranched alkanes of at least 4 members (excludes halogenated alkanes) is 3. The van der Waals surface area contributed by atoms with Crippen molar-refractivity contribution in [2.24, 2.45) is 0 Å². The first-order chi connectivity index (χ1) is 6.85. The molecule has 0 aromatic carbocycles. The normalized spacial score (nSPS) is 13.1. The number of nitrogens with one attached hydrogen (secondary N) is 1. The van der Waals surface area contributed by atoms with Crippen LogP contribution >= 0.6 is 0 Å². The van der Waals surface area contributed by atoms with Crippen LogP contribution in [0.25, 0.3) is 0 Å². The van der Waals surface area contributed by atoms with Crippen molar-refractivity contribution in [3.05, 3.63) is 0 Å². The van der Waals surface area contributed by atoms with Gasteiger partial charge in [0, 0.05) is 19.8 Å². The summed E-state index contributed by atoms with van der Waals surface area (Å²) in [6.07, 6.45) is 7.83. The Labute approximate surface area is 89.4 Å². The molecule has 2 heteroatoms. The SMILES string of the molecule is CCNC(CC)CCCCCCOC. The van der Waals surface area contributed by atoms with Crippen LogP contribution in [0.5, 0.6) is 0 Å². The Kier molecular flexibility index (Phi) is 10.9. The van der Waals surface area contributed by atoms with Crippen LogP contribution in [0.15, 0.2) is 0 Å². The van der Waals surface area contributed by atoms with E-state index in [9.17, 15) is 0 Å². The van der Waals surface area contributed by atoms with Crippen molar-refractivity contribution in [1.82, 2.24) is 5.32 Å². The molecule has 0 rings (SSSR count). The first-order valence-corrected chi connectivity index (χ1v) is 6.07. The molecule has 0 aromatic heterocycles. The van der Waals surface area contributed by atoms with Crippen molar-refractivity contribution in [3.63, 3.8) is 0 Å². The van der Waals surface area contributed by atoms with Crippen LogP contribution in [-0.2, 0) is 4.74 Å². The minimum absolute atomic E-state index is 0.738. The van der Waals surface area contributed by atoms with E-state index in [2.05, 4.69) is 19.2 Å². The number of methoxy groups -OCH3 is 1. The van der Waals surface area contributed by atoms with Crippen molar-refractivity contribution in [2.75, 3.05) is 20.3 Å². The van der Waals surface area contributed by atoms with Gasteiger partial charge in [-0.05, 0) is 25.8 Å². The summed E-state index contributed by atoms with van der Waals surface area (Å²) in [5.41, 5.74) is 0. The summed E-state index contributed by atoms with van der Waals surface area (Å²) >= 11 is 0. The topological polar surface area (TPSA) is 21.3 Å².